The molecule has 0 aliphatic heterocycles. The summed E-state index contributed by atoms with van der Waals surface area (Å²) in [6.07, 6.45) is 6.12. The lowest BCUT2D eigenvalue weighted by molar-refractivity contribution is -0.141. The van der Waals surface area contributed by atoms with E-state index in [0.29, 0.717) is 31.7 Å². The average molecular weight is 449 g/mol. The Hall–Kier alpha value is -2.62. The second kappa shape index (κ2) is 12.0. The Morgan fingerprint density at radius 1 is 0.970 bits per heavy atom. The predicted octanol–water partition coefficient (Wildman–Crippen LogP) is 5.92. The maximum atomic E-state index is 13.5. The van der Waals surface area contributed by atoms with Crippen LogP contribution < -0.4 is 5.32 Å². The van der Waals surface area contributed by atoms with Crippen LogP contribution in [0.25, 0.3) is 0 Å². The minimum Gasteiger partial charge on any atom is -0.352 e. The standard InChI is InChI=1S/C29H40N2O2/c1-5-27(29(33)30-26-8-6-7-9-26)31(20-24-12-10-22(4)11-13-24)28(32)19-16-23-14-17-25(18-15-23)21(2)3/h10-15,17-18,21,26-27H,5-9,16,19-20H2,1-4H3,(H,30,33). The van der Waals surface area contributed by atoms with E-state index in [1.54, 1.807) is 4.90 Å². The maximum Gasteiger partial charge on any atom is 0.243 e. The Kier molecular flexibility index (Phi) is 9.11. The highest BCUT2D eigenvalue weighted by atomic mass is 16.2. The van der Waals surface area contributed by atoms with E-state index in [1.807, 2.05) is 6.92 Å². The summed E-state index contributed by atoms with van der Waals surface area (Å²) in [5.41, 5.74) is 4.71. The number of nitrogens with one attached hydrogen (secondary N) is 1. The van der Waals surface area contributed by atoms with Crippen LogP contribution in [0.1, 0.15) is 87.5 Å². The van der Waals surface area contributed by atoms with Crippen LogP contribution in [0.15, 0.2) is 48.5 Å². The van der Waals surface area contributed by atoms with Crippen LogP contribution in [0.2, 0.25) is 0 Å². The molecule has 1 saturated carbocycles. The highest BCUT2D eigenvalue weighted by Gasteiger charge is 2.30. The summed E-state index contributed by atoms with van der Waals surface area (Å²) in [7, 11) is 0. The molecule has 1 aliphatic rings. The fourth-order valence-electron chi connectivity index (χ4n) is 4.64. The summed E-state index contributed by atoms with van der Waals surface area (Å²) in [6, 6.07) is 16.6. The third-order valence-electron chi connectivity index (χ3n) is 6.83. The highest BCUT2D eigenvalue weighted by molar-refractivity contribution is 5.88. The van der Waals surface area contributed by atoms with E-state index in [1.165, 1.54) is 24.0 Å². The first kappa shape index (κ1) is 25.0. The van der Waals surface area contributed by atoms with Crippen LogP contribution in [0.3, 0.4) is 0 Å². The van der Waals surface area contributed by atoms with Crippen molar-refractivity contribution in [3.8, 4) is 0 Å². The van der Waals surface area contributed by atoms with Gasteiger partial charge in [0.15, 0.2) is 0 Å². The number of carbonyl (C=O) groups excluding carboxylic acids is 2. The van der Waals surface area contributed by atoms with Gasteiger partial charge in [-0.1, -0.05) is 87.7 Å². The lowest BCUT2D eigenvalue weighted by Crippen LogP contribution is -2.51. The molecule has 0 aromatic heterocycles. The summed E-state index contributed by atoms with van der Waals surface area (Å²) in [4.78, 5) is 28.4. The third kappa shape index (κ3) is 7.18. The van der Waals surface area contributed by atoms with Gasteiger partial charge in [0.05, 0.1) is 0 Å². The molecule has 4 heteroatoms. The molecular formula is C29H40N2O2. The smallest absolute Gasteiger partial charge is 0.243 e. The van der Waals surface area contributed by atoms with E-state index in [-0.39, 0.29) is 17.9 Å². The number of amides is 2. The SMILES string of the molecule is CCC(C(=O)NC1CCCC1)N(Cc1ccc(C)cc1)C(=O)CCc1ccc(C(C)C)cc1. The molecule has 0 bridgehead atoms. The van der Waals surface area contributed by atoms with Crippen molar-refractivity contribution in [1.29, 1.82) is 0 Å². The molecule has 178 valence electrons. The van der Waals surface area contributed by atoms with Gasteiger partial charge < -0.3 is 10.2 Å². The normalized spacial score (nSPS) is 14.9. The lowest BCUT2D eigenvalue weighted by Gasteiger charge is -2.31. The summed E-state index contributed by atoms with van der Waals surface area (Å²) in [6.45, 7) is 8.88. The van der Waals surface area contributed by atoms with Gasteiger partial charge in [0.25, 0.3) is 0 Å². The van der Waals surface area contributed by atoms with Gasteiger partial charge in [-0.25, -0.2) is 0 Å². The minimum absolute atomic E-state index is 0.00820. The second-order valence-corrected chi connectivity index (χ2v) is 9.82. The van der Waals surface area contributed by atoms with Crippen molar-refractivity contribution >= 4 is 11.8 Å². The molecular weight excluding hydrogens is 408 g/mol. The Balaban J connectivity index is 1.73. The van der Waals surface area contributed by atoms with Crippen LogP contribution in [-0.2, 0) is 22.6 Å². The second-order valence-electron chi connectivity index (χ2n) is 9.82. The van der Waals surface area contributed by atoms with Crippen molar-refractivity contribution in [3.63, 3.8) is 0 Å². The zero-order valence-electron chi connectivity index (χ0n) is 20.8. The number of carbonyl (C=O) groups is 2. The number of benzene rings is 2. The van der Waals surface area contributed by atoms with Gasteiger partial charge >= 0.3 is 0 Å². The zero-order valence-corrected chi connectivity index (χ0v) is 20.8. The molecule has 2 aromatic carbocycles. The monoisotopic (exact) mass is 448 g/mol. The first-order valence-electron chi connectivity index (χ1n) is 12.6. The number of aryl methyl sites for hydroxylation is 2. The lowest BCUT2D eigenvalue weighted by atomic mass is 10.00. The molecule has 0 saturated heterocycles. The zero-order chi connectivity index (χ0) is 23.8. The first-order valence-corrected chi connectivity index (χ1v) is 12.6. The van der Waals surface area contributed by atoms with Crippen LogP contribution in [-0.4, -0.2) is 28.8 Å². The van der Waals surface area contributed by atoms with E-state index in [2.05, 4.69) is 74.6 Å². The predicted molar refractivity (Wildman–Crippen MR) is 135 cm³/mol. The van der Waals surface area contributed by atoms with Crippen molar-refractivity contribution in [2.45, 2.75) is 97.2 Å². The van der Waals surface area contributed by atoms with Crippen LogP contribution in [0.4, 0.5) is 0 Å². The Morgan fingerprint density at radius 2 is 1.58 bits per heavy atom. The van der Waals surface area contributed by atoms with Crippen molar-refractivity contribution in [2.75, 3.05) is 0 Å². The number of hydrogen-bond donors (Lipinski definition) is 1. The highest BCUT2D eigenvalue weighted by Crippen LogP contribution is 2.21. The molecule has 1 unspecified atom stereocenters. The maximum absolute atomic E-state index is 13.5. The molecule has 1 N–H and O–H groups in total. The molecule has 0 spiro atoms. The first-order chi connectivity index (χ1) is 15.9. The Morgan fingerprint density at radius 3 is 2.15 bits per heavy atom. The molecule has 1 atom stereocenters. The van der Waals surface area contributed by atoms with Gasteiger partial charge in [0, 0.05) is 19.0 Å². The molecule has 33 heavy (non-hydrogen) atoms. The van der Waals surface area contributed by atoms with Gasteiger partial charge in [-0.2, -0.15) is 0 Å². The van der Waals surface area contributed by atoms with E-state index in [4.69, 9.17) is 0 Å². The van der Waals surface area contributed by atoms with E-state index in [0.717, 1.165) is 24.0 Å². The molecule has 1 aliphatic carbocycles. The molecule has 2 aromatic rings. The molecule has 2 amide bonds. The van der Waals surface area contributed by atoms with Gasteiger partial charge in [-0.3, -0.25) is 9.59 Å². The minimum atomic E-state index is -0.442. The van der Waals surface area contributed by atoms with Gasteiger partial charge in [-0.15, -0.1) is 0 Å². The van der Waals surface area contributed by atoms with E-state index >= 15 is 0 Å². The Bertz CT molecular complexity index is 896. The fraction of sp³-hybridized carbons (Fsp3) is 0.517. The summed E-state index contributed by atoms with van der Waals surface area (Å²) < 4.78 is 0. The number of rotatable bonds is 10. The van der Waals surface area contributed by atoms with E-state index in [9.17, 15) is 9.59 Å². The van der Waals surface area contributed by atoms with Crippen LogP contribution in [0.5, 0.6) is 0 Å². The summed E-state index contributed by atoms with van der Waals surface area (Å²) in [5, 5.41) is 3.22. The van der Waals surface area contributed by atoms with Crippen LogP contribution in [0, 0.1) is 6.92 Å². The van der Waals surface area contributed by atoms with Gasteiger partial charge in [-0.05, 0) is 55.2 Å². The van der Waals surface area contributed by atoms with E-state index < -0.39 is 6.04 Å². The van der Waals surface area contributed by atoms with Crippen molar-refractivity contribution < 1.29 is 9.59 Å². The number of nitrogens with zero attached hydrogens (tertiary/aromatic N) is 1. The van der Waals surface area contributed by atoms with Crippen molar-refractivity contribution in [3.05, 3.63) is 70.8 Å². The van der Waals surface area contributed by atoms with Crippen molar-refractivity contribution in [1.82, 2.24) is 10.2 Å². The molecule has 0 heterocycles. The topological polar surface area (TPSA) is 49.4 Å². The van der Waals surface area contributed by atoms with Gasteiger partial charge in [0.2, 0.25) is 11.8 Å². The van der Waals surface area contributed by atoms with Crippen molar-refractivity contribution in [2.24, 2.45) is 0 Å². The third-order valence-corrected chi connectivity index (χ3v) is 6.83. The molecule has 0 radical (unpaired) electrons. The number of hydrogen-bond acceptors (Lipinski definition) is 2. The fourth-order valence-corrected chi connectivity index (χ4v) is 4.64. The molecule has 3 rings (SSSR count). The van der Waals surface area contributed by atoms with Crippen LogP contribution >= 0.6 is 0 Å². The summed E-state index contributed by atoms with van der Waals surface area (Å²) >= 11 is 0. The summed E-state index contributed by atoms with van der Waals surface area (Å²) in [5.74, 6) is 0.525. The molecule has 4 nitrogen and oxygen atoms in total. The quantitative estimate of drug-likeness (QED) is 0.491. The van der Waals surface area contributed by atoms with Gasteiger partial charge in [0.1, 0.15) is 6.04 Å². The largest absolute Gasteiger partial charge is 0.352 e. The average Bonchev–Trinajstić information content (AvgIpc) is 3.32. The Labute approximate surface area is 199 Å². The molecule has 1 fully saturated rings.